The molecule has 0 fully saturated rings. The molecule has 0 amide bonds. The van der Waals surface area contributed by atoms with Crippen LogP contribution in [0.3, 0.4) is 0 Å². The van der Waals surface area contributed by atoms with Crippen molar-refractivity contribution >= 4 is 67.6 Å². The van der Waals surface area contributed by atoms with E-state index in [2.05, 4.69) is 53.8 Å². The van der Waals surface area contributed by atoms with Crippen LogP contribution in [0, 0.1) is 3.57 Å². The van der Waals surface area contributed by atoms with Crippen molar-refractivity contribution in [1.29, 1.82) is 0 Å². The van der Waals surface area contributed by atoms with Gasteiger partial charge in [-0.05, 0) is 56.7 Å². The van der Waals surface area contributed by atoms with Crippen LogP contribution in [0.5, 0.6) is 0 Å². The van der Waals surface area contributed by atoms with E-state index >= 15 is 0 Å². The molecule has 1 heterocycles. The lowest BCUT2D eigenvalue weighted by molar-refractivity contribution is 1.17. The van der Waals surface area contributed by atoms with Crippen molar-refractivity contribution in [2.45, 2.75) is 0 Å². The average molecular weight is 425 g/mol. The summed E-state index contributed by atoms with van der Waals surface area (Å²) in [7, 11) is 0. The summed E-state index contributed by atoms with van der Waals surface area (Å²) in [5.41, 5.74) is 6.45. The van der Waals surface area contributed by atoms with E-state index < -0.39 is 0 Å². The summed E-state index contributed by atoms with van der Waals surface area (Å²) >= 11 is 11.4. The average Bonchev–Trinajstić information content (AvgIpc) is 2.27. The molecule has 2 rings (SSSR count). The molecule has 0 aliphatic heterocycles. The number of hydrogen-bond acceptors (Lipinski definition) is 4. The van der Waals surface area contributed by atoms with Crippen LogP contribution in [0.1, 0.15) is 0 Å². The fourth-order valence-corrected chi connectivity index (χ4v) is 2.48. The number of benzene rings is 1. The van der Waals surface area contributed by atoms with Gasteiger partial charge in [-0.3, -0.25) is 0 Å². The van der Waals surface area contributed by atoms with Gasteiger partial charge in [-0.15, -0.1) is 0 Å². The minimum Gasteiger partial charge on any atom is -0.368 e. The van der Waals surface area contributed by atoms with Gasteiger partial charge in [-0.2, -0.15) is 4.98 Å². The summed E-state index contributed by atoms with van der Waals surface area (Å²) in [6.45, 7) is 0. The van der Waals surface area contributed by atoms with E-state index in [0.29, 0.717) is 10.8 Å². The van der Waals surface area contributed by atoms with Crippen LogP contribution >= 0.6 is 50.1 Å². The van der Waals surface area contributed by atoms with Crippen molar-refractivity contribution in [3.63, 3.8) is 0 Å². The number of halogens is 3. The number of nitrogens with one attached hydrogen (secondary N) is 1. The Bertz CT molecular complexity index is 564. The van der Waals surface area contributed by atoms with E-state index in [-0.39, 0.29) is 5.95 Å². The van der Waals surface area contributed by atoms with E-state index in [0.717, 1.165) is 13.7 Å². The number of nitrogens with two attached hydrogens (primary N) is 1. The maximum Gasteiger partial charge on any atom is 0.222 e. The fourth-order valence-electron chi connectivity index (χ4n) is 1.19. The van der Waals surface area contributed by atoms with Gasteiger partial charge in [-0.1, -0.05) is 11.6 Å². The van der Waals surface area contributed by atoms with Gasteiger partial charge in [-0.25, -0.2) is 4.98 Å². The van der Waals surface area contributed by atoms with Crippen LogP contribution in [0.4, 0.5) is 17.5 Å². The molecule has 7 heteroatoms. The highest BCUT2D eigenvalue weighted by Crippen LogP contribution is 2.28. The van der Waals surface area contributed by atoms with Crippen LogP contribution in [-0.4, -0.2) is 9.97 Å². The third kappa shape index (κ3) is 3.20. The normalized spacial score (nSPS) is 10.3. The first kappa shape index (κ1) is 12.8. The Morgan fingerprint density at radius 2 is 2.18 bits per heavy atom. The van der Waals surface area contributed by atoms with Gasteiger partial charge in [0.15, 0.2) is 0 Å². The number of nitrogens with zero attached hydrogens (tertiary/aromatic N) is 2. The zero-order valence-electron chi connectivity index (χ0n) is 8.42. The lowest BCUT2D eigenvalue weighted by Crippen LogP contribution is -2.01. The first-order valence-corrected chi connectivity index (χ1v) is 6.81. The Labute approximate surface area is 125 Å². The van der Waals surface area contributed by atoms with Crippen LogP contribution in [-0.2, 0) is 0 Å². The van der Waals surface area contributed by atoms with Crippen molar-refractivity contribution in [2.24, 2.45) is 0 Å². The first-order chi connectivity index (χ1) is 8.06. The van der Waals surface area contributed by atoms with Crippen LogP contribution in [0.25, 0.3) is 0 Å². The predicted octanol–water partition coefficient (Wildman–Crippen LogP) is 3.82. The Morgan fingerprint density at radius 3 is 2.88 bits per heavy atom. The van der Waals surface area contributed by atoms with E-state index in [4.69, 9.17) is 17.3 Å². The number of aromatic nitrogens is 2. The molecule has 0 saturated carbocycles. The number of hydrogen-bond donors (Lipinski definition) is 2. The molecule has 4 nitrogen and oxygen atoms in total. The molecule has 0 aliphatic rings. The van der Waals surface area contributed by atoms with Crippen LogP contribution < -0.4 is 11.1 Å². The molecule has 2 aromatic rings. The zero-order valence-corrected chi connectivity index (χ0v) is 12.9. The summed E-state index contributed by atoms with van der Waals surface area (Å²) < 4.78 is 1.75. The summed E-state index contributed by atoms with van der Waals surface area (Å²) in [5.74, 6) is 0.845. The Kier molecular flexibility index (Phi) is 4.05. The summed E-state index contributed by atoms with van der Waals surface area (Å²) in [5, 5.41) is 3.86. The maximum atomic E-state index is 5.89. The first-order valence-electron chi connectivity index (χ1n) is 4.56. The van der Waals surface area contributed by atoms with Gasteiger partial charge in [0.25, 0.3) is 0 Å². The fraction of sp³-hybridized carbons (Fsp3) is 0. The lowest BCUT2D eigenvalue weighted by atomic mass is 10.3. The van der Waals surface area contributed by atoms with Gasteiger partial charge in [0.2, 0.25) is 5.95 Å². The Morgan fingerprint density at radius 1 is 1.41 bits per heavy atom. The monoisotopic (exact) mass is 424 g/mol. The van der Waals surface area contributed by atoms with Gasteiger partial charge < -0.3 is 11.1 Å². The van der Waals surface area contributed by atoms with Crippen molar-refractivity contribution in [2.75, 3.05) is 11.1 Å². The molecule has 0 bridgehead atoms. The maximum absolute atomic E-state index is 5.89. The highest BCUT2D eigenvalue weighted by atomic mass is 127. The molecule has 0 radical (unpaired) electrons. The molecular formula is C10H7BrClIN4. The second-order valence-corrected chi connectivity index (χ2v) is 5.63. The van der Waals surface area contributed by atoms with E-state index in [1.54, 1.807) is 6.20 Å². The second-order valence-electron chi connectivity index (χ2n) is 3.17. The highest BCUT2D eigenvalue weighted by Gasteiger charge is 2.06. The summed E-state index contributed by atoms with van der Waals surface area (Å²) in [6.07, 6.45) is 1.60. The molecule has 0 unspecified atom stereocenters. The molecule has 0 spiro atoms. The standard InChI is InChI=1S/C10H7BrClIN4/c11-6-4-15-10(14)17-9(6)16-8-2-1-5(12)3-7(8)13/h1-4H,(H3,14,15,16,17). The second kappa shape index (κ2) is 5.36. The summed E-state index contributed by atoms with van der Waals surface area (Å²) in [4.78, 5) is 7.98. The van der Waals surface area contributed by atoms with Crippen LogP contribution in [0.2, 0.25) is 5.02 Å². The molecule has 1 aromatic carbocycles. The van der Waals surface area contributed by atoms with Gasteiger partial charge in [0.1, 0.15) is 5.82 Å². The SMILES string of the molecule is Nc1ncc(Br)c(Nc2ccc(Cl)cc2I)n1. The van der Waals surface area contributed by atoms with Gasteiger partial charge in [0, 0.05) is 14.8 Å². The van der Waals surface area contributed by atoms with Gasteiger partial charge in [0.05, 0.1) is 10.2 Å². The minimum atomic E-state index is 0.222. The van der Waals surface area contributed by atoms with Crippen molar-refractivity contribution in [1.82, 2.24) is 9.97 Å². The molecule has 0 aliphatic carbocycles. The lowest BCUT2D eigenvalue weighted by Gasteiger charge is -2.09. The largest absolute Gasteiger partial charge is 0.368 e. The predicted molar refractivity (Wildman–Crippen MR) is 81.6 cm³/mol. The highest BCUT2D eigenvalue weighted by molar-refractivity contribution is 14.1. The topological polar surface area (TPSA) is 63.8 Å². The molecule has 0 atom stereocenters. The van der Waals surface area contributed by atoms with Crippen LogP contribution in [0.15, 0.2) is 28.9 Å². The quantitative estimate of drug-likeness (QED) is 0.718. The molecule has 1 aromatic heterocycles. The van der Waals surface area contributed by atoms with Crippen molar-refractivity contribution in [3.05, 3.63) is 37.5 Å². The molecule has 17 heavy (non-hydrogen) atoms. The van der Waals surface area contributed by atoms with Crippen molar-refractivity contribution < 1.29 is 0 Å². The Balaban J connectivity index is 2.34. The molecule has 0 saturated heterocycles. The van der Waals surface area contributed by atoms with Crippen molar-refractivity contribution in [3.8, 4) is 0 Å². The smallest absolute Gasteiger partial charge is 0.222 e. The number of anilines is 3. The van der Waals surface area contributed by atoms with E-state index in [1.165, 1.54) is 0 Å². The summed E-state index contributed by atoms with van der Waals surface area (Å²) in [6, 6.07) is 5.56. The third-order valence-corrected chi connectivity index (χ3v) is 3.65. The molecule has 88 valence electrons. The van der Waals surface area contributed by atoms with E-state index in [9.17, 15) is 0 Å². The number of nitrogen functional groups attached to an aromatic ring is 1. The minimum absolute atomic E-state index is 0.222. The number of rotatable bonds is 2. The van der Waals surface area contributed by atoms with E-state index in [1.807, 2.05) is 18.2 Å². The molecular weight excluding hydrogens is 418 g/mol. The van der Waals surface area contributed by atoms with Gasteiger partial charge >= 0.3 is 0 Å². The molecule has 3 N–H and O–H groups in total. The zero-order chi connectivity index (χ0) is 12.4. The third-order valence-electron chi connectivity index (χ3n) is 1.95. The Hall–Kier alpha value is -0.600.